The minimum atomic E-state index is -0.249. The van der Waals surface area contributed by atoms with E-state index in [9.17, 15) is 4.79 Å². The maximum atomic E-state index is 13.1. The molecule has 9 nitrogen and oxygen atoms in total. The maximum absolute atomic E-state index is 13.1. The molecule has 9 heteroatoms. The first-order valence-electron chi connectivity index (χ1n) is 10.9. The van der Waals surface area contributed by atoms with E-state index in [0.29, 0.717) is 22.8 Å². The van der Waals surface area contributed by atoms with Crippen molar-refractivity contribution in [2.45, 2.75) is 26.8 Å². The average Bonchev–Trinajstić information content (AvgIpc) is 3.43. The zero-order chi connectivity index (χ0) is 23.7. The average molecular weight is 453 g/mol. The number of nitrogens with one attached hydrogen (secondary N) is 1. The highest BCUT2D eigenvalue weighted by Gasteiger charge is 2.17. The van der Waals surface area contributed by atoms with E-state index in [1.54, 1.807) is 16.9 Å². The number of hydrogen-bond donors (Lipinski definition) is 2. The number of nitrogens with two attached hydrogens (primary N) is 1. The number of hydrogen-bond acceptors (Lipinski definition) is 6. The van der Waals surface area contributed by atoms with Crippen LogP contribution in [0.5, 0.6) is 0 Å². The van der Waals surface area contributed by atoms with Crippen LogP contribution in [0.4, 0.5) is 11.5 Å². The standard InChI is InChI=1S/C25H24N8O/c1-16-10-22(33-23(16)24(26)28-15-30-33)19-11-21(17(2)27-12-19)25(34)31-20-13-29-32(14-20)9-8-18-6-4-3-5-7-18/h3-7,10-15H,8-9H2,1-2H3,(H,31,34)(H2,26,28,30). The second-order valence-corrected chi connectivity index (χ2v) is 8.16. The first-order valence-corrected chi connectivity index (χ1v) is 10.9. The largest absolute Gasteiger partial charge is 0.382 e. The lowest BCUT2D eigenvalue weighted by Gasteiger charge is -2.08. The smallest absolute Gasteiger partial charge is 0.257 e. The van der Waals surface area contributed by atoms with Gasteiger partial charge in [0, 0.05) is 24.5 Å². The number of carbonyl (C=O) groups is 1. The van der Waals surface area contributed by atoms with Gasteiger partial charge in [0.25, 0.3) is 5.91 Å². The molecule has 34 heavy (non-hydrogen) atoms. The Morgan fingerprint density at radius 1 is 1.06 bits per heavy atom. The van der Waals surface area contributed by atoms with Gasteiger partial charge < -0.3 is 11.1 Å². The zero-order valence-electron chi connectivity index (χ0n) is 18.9. The van der Waals surface area contributed by atoms with Crippen LogP contribution in [0.2, 0.25) is 0 Å². The monoisotopic (exact) mass is 452 g/mol. The topological polar surface area (TPSA) is 116 Å². The second-order valence-electron chi connectivity index (χ2n) is 8.16. The van der Waals surface area contributed by atoms with E-state index in [1.807, 2.05) is 55.1 Å². The molecule has 4 heterocycles. The molecule has 0 aliphatic carbocycles. The predicted octanol–water partition coefficient (Wildman–Crippen LogP) is 3.68. The number of rotatable bonds is 6. The van der Waals surface area contributed by atoms with Gasteiger partial charge in [-0.15, -0.1) is 0 Å². The first-order chi connectivity index (χ1) is 16.5. The summed E-state index contributed by atoms with van der Waals surface area (Å²) in [7, 11) is 0. The van der Waals surface area contributed by atoms with E-state index in [1.165, 1.54) is 11.9 Å². The molecule has 170 valence electrons. The third-order valence-corrected chi connectivity index (χ3v) is 5.76. The number of pyridine rings is 1. The summed E-state index contributed by atoms with van der Waals surface area (Å²) in [4.78, 5) is 21.6. The van der Waals surface area contributed by atoms with Crippen molar-refractivity contribution in [3.63, 3.8) is 0 Å². The molecule has 0 saturated heterocycles. The van der Waals surface area contributed by atoms with Crippen LogP contribution in [-0.4, -0.2) is 35.3 Å². The minimum Gasteiger partial charge on any atom is -0.382 e. The molecule has 0 spiro atoms. The molecule has 1 amide bonds. The molecule has 0 unspecified atom stereocenters. The van der Waals surface area contributed by atoms with Crippen LogP contribution in [0, 0.1) is 13.8 Å². The van der Waals surface area contributed by atoms with Crippen LogP contribution >= 0.6 is 0 Å². The van der Waals surface area contributed by atoms with Gasteiger partial charge in [0.05, 0.1) is 28.8 Å². The van der Waals surface area contributed by atoms with Crippen LogP contribution in [0.25, 0.3) is 16.8 Å². The SMILES string of the molecule is Cc1ncc(-c2cc(C)c3c(N)ncnn23)cc1C(=O)Nc1cnn(CCc2ccccc2)c1. The molecular weight excluding hydrogens is 428 g/mol. The summed E-state index contributed by atoms with van der Waals surface area (Å²) in [5, 5.41) is 11.6. The number of nitrogen functional groups attached to an aromatic ring is 1. The van der Waals surface area contributed by atoms with Gasteiger partial charge in [-0.2, -0.15) is 10.2 Å². The zero-order valence-corrected chi connectivity index (χ0v) is 18.9. The molecule has 0 fully saturated rings. The van der Waals surface area contributed by atoms with Crippen molar-refractivity contribution < 1.29 is 4.79 Å². The van der Waals surface area contributed by atoms with Gasteiger partial charge in [-0.1, -0.05) is 30.3 Å². The summed E-state index contributed by atoms with van der Waals surface area (Å²) in [6.45, 7) is 4.48. The summed E-state index contributed by atoms with van der Waals surface area (Å²) in [6.07, 6.45) is 7.49. The predicted molar refractivity (Wildman–Crippen MR) is 130 cm³/mol. The number of carbonyl (C=O) groups excluding carboxylic acids is 1. The van der Waals surface area contributed by atoms with E-state index in [-0.39, 0.29) is 5.91 Å². The Hall–Kier alpha value is -4.53. The molecule has 3 N–H and O–H groups in total. The molecule has 4 aromatic heterocycles. The highest BCUT2D eigenvalue weighted by molar-refractivity contribution is 6.05. The lowest BCUT2D eigenvalue weighted by atomic mass is 10.1. The number of fused-ring (bicyclic) bond motifs is 1. The summed E-state index contributed by atoms with van der Waals surface area (Å²) in [6, 6.07) is 14.0. The lowest BCUT2D eigenvalue weighted by Crippen LogP contribution is -2.14. The van der Waals surface area contributed by atoms with Gasteiger partial charge in [0.1, 0.15) is 11.8 Å². The number of aromatic nitrogens is 6. The molecule has 0 atom stereocenters. The summed E-state index contributed by atoms with van der Waals surface area (Å²) in [5.41, 5.74) is 12.2. The Kier molecular flexibility index (Phi) is 5.51. The second kappa shape index (κ2) is 8.78. The molecule has 0 radical (unpaired) electrons. The number of anilines is 2. The summed E-state index contributed by atoms with van der Waals surface area (Å²) < 4.78 is 3.55. The molecule has 1 aromatic carbocycles. The maximum Gasteiger partial charge on any atom is 0.257 e. The quantitative estimate of drug-likeness (QED) is 0.406. The Morgan fingerprint density at radius 2 is 1.88 bits per heavy atom. The van der Waals surface area contributed by atoms with Crippen molar-refractivity contribution in [1.82, 2.24) is 29.4 Å². The van der Waals surface area contributed by atoms with Gasteiger partial charge in [-0.25, -0.2) is 9.50 Å². The van der Waals surface area contributed by atoms with Crippen molar-refractivity contribution in [2.75, 3.05) is 11.1 Å². The highest BCUT2D eigenvalue weighted by atomic mass is 16.1. The van der Waals surface area contributed by atoms with Crippen LogP contribution in [0.1, 0.15) is 27.2 Å². The number of nitrogens with zero attached hydrogens (tertiary/aromatic N) is 6. The number of amides is 1. The Morgan fingerprint density at radius 3 is 2.71 bits per heavy atom. The van der Waals surface area contributed by atoms with Crippen molar-refractivity contribution in [3.8, 4) is 11.3 Å². The van der Waals surface area contributed by atoms with E-state index in [4.69, 9.17) is 5.73 Å². The van der Waals surface area contributed by atoms with Crippen molar-refractivity contribution in [1.29, 1.82) is 0 Å². The molecule has 0 bridgehead atoms. The van der Waals surface area contributed by atoms with Crippen LogP contribution in [0.3, 0.4) is 0 Å². The first kappa shape index (κ1) is 21.3. The van der Waals surface area contributed by atoms with Crippen LogP contribution in [0.15, 0.2) is 67.4 Å². The fraction of sp³-hybridized carbons (Fsp3) is 0.160. The van der Waals surface area contributed by atoms with E-state index >= 15 is 0 Å². The van der Waals surface area contributed by atoms with Gasteiger partial charge in [-0.05, 0) is 43.5 Å². The number of benzene rings is 1. The van der Waals surface area contributed by atoms with Gasteiger partial charge >= 0.3 is 0 Å². The van der Waals surface area contributed by atoms with Crippen LogP contribution < -0.4 is 11.1 Å². The molecule has 0 saturated carbocycles. The van der Waals surface area contributed by atoms with E-state index in [0.717, 1.165) is 35.3 Å². The summed E-state index contributed by atoms with van der Waals surface area (Å²) >= 11 is 0. The van der Waals surface area contributed by atoms with Crippen LogP contribution in [-0.2, 0) is 13.0 Å². The third-order valence-electron chi connectivity index (χ3n) is 5.76. The molecule has 0 aliphatic heterocycles. The van der Waals surface area contributed by atoms with Crippen molar-refractivity contribution in [3.05, 3.63) is 89.8 Å². The summed E-state index contributed by atoms with van der Waals surface area (Å²) in [5.74, 6) is 0.155. The molecular formula is C25H24N8O. The third kappa shape index (κ3) is 4.11. The normalized spacial score (nSPS) is 11.1. The van der Waals surface area contributed by atoms with Crippen molar-refractivity contribution >= 4 is 22.9 Å². The molecule has 5 aromatic rings. The fourth-order valence-corrected chi connectivity index (χ4v) is 4.00. The van der Waals surface area contributed by atoms with Gasteiger partial charge in [0.2, 0.25) is 0 Å². The van der Waals surface area contributed by atoms with Gasteiger partial charge in [-0.3, -0.25) is 14.5 Å². The fourth-order valence-electron chi connectivity index (χ4n) is 4.00. The number of aryl methyl sites for hydroxylation is 4. The minimum absolute atomic E-state index is 0.249. The lowest BCUT2D eigenvalue weighted by molar-refractivity contribution is 0.102. The van der Waals surface area contributed by atoms with E-state index < -0.39 is 0 Å². The molecule has 0 aliphatic rings. The Labute approximate surface area is 196 Å². The highest BCUT2D eigenvalue weighted by Crippen LogP contribution is 2.28. The molecule has 5 rings (SSSR count). The van der Waals surface area contributed by atoms with Gasteiger partial charge in [0.15, 0.2) is 5.82 Å². The van der Waals surface area contributed by atoms with Crippen molar-refractivity contribution in [2.24, 2.45) is 0 Å². The Balaban J connectivity index is 1.36. The van der Waals surface area contributed by atoms with E-state index in [2.05, 4.69) is 37.6 Å². The Bertz CT molecular complexity index is 1490.